The lowest BCUT2D eigenvalue weighted by Gasteiger charge is -2.33. The summed E-state index contributed by atoms with van der Waals surface area (Å²) in [6, 6.07) is 44.4. The second kappa shape index (κ2) is 11.6. The van der Waals surface area contributed by atoms with E-state index >= 15 is 0 Å². The Morgan fingerprint density at radius 1 is 0.574 bits per heavy atom. The van der Waals surface area contributed by atoms with Crippen LogP contribution in [0.3, 0.4) is 0 Å². The van der Waals surface area contributed by atoms with E-state index in [4.69, 9.17) is 0 Å². The van der Waals surface area contributed by atoms with Gasteiger partial charge in [-0.2, -0.15) is 0 Å². The lowest BCUT2D eigenvalue weighted by Crippen LogP contribution is -2.19. The van der Waals surface area contributed by atoms with Crippen molar-refractivity contribution in [1.29, 1.82) is 0 Å². The first-order chi connectivity index (χ1) is 23.1. The van der Waals surface area contributed by atoms with Crippen LogP contribution in [0.2, 0.25) is 0 Å². The third-order valence-electron chi connectivity index (χ3n) is 12.5. The zero-order valence-corrected chi connectivity index (χ0v) is 28.1. The molecular weight excluding hydrogens is 567 g/mol. The van der Waals surface area contributed by atoms with Crippen molar-refractivity contribution >= 4 is 17.1 Å². The van der Waals surface area contributed by atoms with Gasteiger partial charge < -0.3 is 4.90 Å². The Bertz CT molecular complexity index is 1890. The predicted octanol–water partition coefficient (Wildman–Crippen LogP) is 13.1. The molecule has 2 unspecified atom stereocenters. The first-order valence-electron chi connectivity index (χ1n) is 18.4. The monoisotopic (exact) mass is 613 g/mol. The molecular formula is C46H47N. The van der Waals surface area contributed by atoms with Gasteiger partial charge in [-0.15, -0.1) is 0 Å². The molecule has 1 nitrogen and oxygen atoms in total. The van der Waals surface area contributed by atoms with E-state index in [1.54, 1.807) is 5.56 Å². The highest BCUT2D eigenvalue weighted by Crippen LogP contribution is 2.56. The Balaban J connectivity index is 1.22. The third-order valence-corrected chi connectivity index (χ3v) is 12.5. The molecule has 0 aliphatic heterocycles. The van der Waals surface area contributed by atoms with Crippen molar-refractivity contribution in [3.05, 3.63) is 138 Å². The van der Waals surface area contributed by atoms with Crippen molar-refractivity contribution in [3.8, 4) is 22.3 Å². The van der Waals surface area contributed by atoms with Crippen LogP contribution >= 0.6 is 0 Å². The number of hydrogen-bond donors (Lipinski definition) is 0. The minimum absolute atomic E-state index is 0.116. The fraction of sp³-hybridized carbons (Fsp3) is 0.348. The normalized spacial score (nSPS) is 22.6. The van der Waals surface area contributed by atoms with E-state index in [-0.39, 0.29) is 5.41 Å². The molecule has 0 radical (unpaired) electrons. The number of nitrogens with zero attached hydrogens (tertiary/aromatic N) is 1. The summed E-state index contributed by atoms with van der Waals surface area (Å²) in [6.45, 7) is 4.84. The number of anilines is 3. The summed E-state index contributed by atoms with van der Waals surface area (Å²) >= 11 is 0. The van der Waals surface area contributed by atoms with Crippen molar-refractivity contribution in [2.75, 3.05) is 4.90 Å². The van der Waals surface area contributed by atoms with E-state index in [0.29, 0.717) is 5.92 Å². The first-order valence-corrected chi connectivity index (χ1v) is 18.4. The Hall–Kier alpha value is -4.10. The quantitative estimate of drug-likeness (QED) is 0.184. The predicted molar refractivity (Wildman–Crippen MR) is 198 cm³/mol. The summed E-state index contributed by atoms with van der Waals surface area (Å²) in [6.07, 6.45) is 12.5. The molecule has 0 N–H and O–H groups in total. The van der Waals surface area contributed by atoms with Crippen molar-refractivity contribution in [3.63, 3.8) is 0 Å². The molecule has 3 atom stereocenters. The van der Waals surface area contributed by atoms with Crippen molar-refractivity contribution in [1.82, 2.24) is 0 Å². The van der Waals surface area contributed by atoms with Gasteiger partial charge in [0.2, 0.25) is 0 Å². The Morgan fingerprint density at radius 2 is 1.26 bits per heavy atom. The maximum Gasteiger partial charge on any atom is 0.0543 e. The molecule has 9 rings (SSSR count). The molecule has 4 aliphatic carbocycles. The summed E-state index contributed by atoms with van der Waals surface area (Å²) in [7, 11) is 0. The number of rotatable bonds is 6. The number of fused-ring (bicyclic) bond motifs is 5. The van der Waals surface area contributed by atoms with Gasteiger partial charge >= 0.3 is 0 Å². The topological polar surface area (TPSA) is 3.24 Å². The van der Waals surface area contributed by atoms with Gasteiger partial charge in [0, 0.05) is 22.4 Å². The van der Waals surface area contributed by atoms with Crippen molar-refractivity contribution < 1.29 is 0 Å². The van der Waals surface area contributed by atoms with Crippen LogP contribution in [0.4, 0.5) is 17.1 Å². The fourth-order valence-electron chi connectivity index (χ4n) is 10.2. The number of hydrogen-bond acceptors (Lipinski definition) is 1. The minimum Gasteiger partial charge on any atom is -0.310 e. The van der Waals surface area contributed by atoms with E-state index < -0.39 is 0 Å². The van der Waals surface area contributed by atoms with Crippen LogP contribution in [-0.2, 0) is 5.41 Å². The highest BCUT2D eigenvalue weighted by Gasteiger charge is 2.41. The number of benzene rings is 5. The molecule has 5 aromatic carbocycles. The second-order valence-electron chi connectivity index (χ2n) is 15.6. The molecule has 0 aromatic heterocycles. The minimum atomic E-state index is -0.116. The maximum absolute atomic E-state index is 2.55. The van der Waals surface area contributed by atoms with Crippen LogP contribution in [0, 0.1) is 11.8 Å². The Labute approximate surface area is 281 Å². The third kappa shape index (κ3) is 4.88. The van der Waals surface area contributed by atoms with Gasteiger partial charge in [0.05, 0.1) is 5.69 Å². The first kappa shape index (κ1) is 29.1. The van der Waals surface area contributed by atoms with E-state index in [2.05, 4.69) is 134 Å². The molecule has 0 saturated heterocycles. The van der Waals surface area contributed by atoms with Crippen molar-refractivity contribution in [2.24, 2.45) is 11.8 Å². The molecule has 0 heterocycles. The Morgan fingerprint density at radius 3 is 1.94 bits per heavy atom. The summed E-state index contributed by atoms with van der Waals surface area (Å²) < 4.78 is 0. The summed E-state index contributed by atoms with van der Waals surface area (Å²) in [5, 5.41) is 0. The molecule has 1 heteroatoms. The average molecular weight is 614 g/mol. The molecule has 2 bridgehead atoms. The van der Waals surface area contributed by atoms with E-state index in [1.165, 1.54) is 114 Å². The van der Waals surface area contributed by atoms with E-state index in [0.717, 1.165) is 17.8 Å². The molecule has 5 aromatic rings. The second-order valence-corrected chi connectivity index (χ2v) is 15.6. The molecule has 4 aliphatic rings. The average Bonchev–Trinajstić information content (AvgIpc) is 3.83. The van der Waals surface area contributed by atoms with Gasteiger partial charge in [0.25, 0.3) is 0 Å². The molecule has 0 amide bonds. The molecule has 3 saturated carbocycles. The lowest BCUT2D eigenvalue weighted by atomic mass is 9.78. The standard InChI is InChI=1S/C46H47N/c1-46(2)42-16-10-9-15-39(42)40-27-28-43(44(45(40)46)35-13-7-4-8-14-35)47(37-23-19-33(20-24-37)32-11-5-3-6-12-32)38-25-21-34(22-26-38)41-30-31-17-18-36(41)29-31/h4,7-10,13-16,19-28,31-32,36,41H,3,5-6,11-12,17-18,29-30H2,1-2H3/t31?,36-,41?/m0/s1. The van der Waals surface area contributed by atoms with Crippen LogP contribution < -0.4 is 4.90 Å². The molecule has 3 fully saturated rings. The van der Waals surface area contributed by atoms with Crippen LogP contribution in [-0.4, -0.2) is 0 Å². The lowest BCUT2D eigenvalue weighted by molar-refractivity contribution is 0.420. The van der Waals surface area contributed by atoms with Crippen LogP contribution in [0.25, 0.3) is 22.3 Å². The fourth-order valence-corrected chi connectivity index (χ4v) is 10.2. The highest BCUT2D eigenvalue weighted by atomic mass is 15.1. The molecule has 0 spiro atoms. The summed E-state index contributed by atoms with van der Waals surface area (Å²) in [5.74, 6) is 3.28. The smallest absolute Gasteiger partial charge is 0.0543 e. The van der Waals surface area contributed by atoms with Gasteiger partial charge in [0.1, 0.15) is 0 Å². The molecule has 47 heavy (non-hydrogen) atoms. The van der Waals surface area contributed by atoms with Gasteiger partial charge in [-0.05, 0) is 125 Å². The highest BCUT2D eigenvalue weighted by molar-refractivity contribution is 5.97. The van der Waals surface area contributed by atoms with Gasteiger partial charge in [0.15, 0.2) is 0 Å². The van der Waals surface area contributed by atoms with E-state index in [1.807, 2.05) is 0 Å². The zero-order valence-electron chi connectivity index (χ0n) is 28.1. The van der Waals surface area contributed by atoms with E-state index in [9.17, 15) is 0 Å². The summed E-state index contributed by atoms with van der Waals surface area (Å²) in [4.78, 5) is 2.55. The van der Waals surface area contributed by atoms with Crippen LogP contribution in [0.15, 0.2) is 115 Å². The summed E-state index contributed by atoms with van der Waals surface area (Å²) in [5.41, 5.74) is 14.9. The maximum atomic E-state index is 2.55. The zero-order chi connectivity index (χ0) is 31.5. The van der Waals surface area contributed by atoms with Gasteiger partial charge in [-0.25, -0.2) is 0 Å². The largest absolute Gasteiger partial charge is 0.310 e. The Kier molecular flexibility index (Phi) is 7.14. The van der Waals surface area contributed by atoms with Crippen LogP contribution in [0.5, 0.6) is 0 Å². The van der Waals surface area contributed by atoms with Gasteiger partial charge in [-0.3, -0.25) is 0 Å². The molecule has 236 valence electrons. The van der Waals surface area contributed by atoms with Crippen LogP contribution in [0.1, 0.15) is 106 Å². The SMILES string of the molecule is CC1(C)c2ccccc2-c2ccc(N(c3ccc(C4CCCCC4)cc3)c3ccc(C4CC5CC[C@H]4C5)cc3)c(-c3ccccc3)c21. The van der Waals surface area contributed by atoms with Crippen molar-refractivity contribution in [2.45, 2.75) is 88.9 Å². The van der Waals surface area contributed by atoms with Gasteiger partial charge in [-0.1, -0.05) is 124 Å².